The summed E-state index contributed by atoms with van der Waals surface area (Å²) in [4.78, 5) is 3.74. The first kappa shape index (κ1) is 13.6. The third kappa shape index (κ3) is 3.81. The molecule has 4 nitrogen and oxygen atoms in total. The Morgan fingerprint density at radius 3 is 2.71 bits per heavy atom. The molecule has 0 radical (unpaired) electrons. The zero-order chi connectivity index (χ0) is 12.8. The number of aromatic nitrogens is 1. The van der Waals surface area contributed by atoms with Gasteiger partial charge in [0.1, 0.15) is 6.10 Å². The molecule has 1 rings (SSSR count). The Balaban J connectivity index is 2.87. The Kier molecular flexibility index (Phi) is 5.09. The van der Waals surface area contributed by atoms with Crippen LogP contribution in [0, 0.1) is 11.6 Å². The van der Waals surface area contributed by atoms with E-state index in [9.17, 15) is 8.78 Å². The van der Waals surface area contributed by atoms with E-state index in [1.807, 2.05) is 0 Å². The van der Waals surface area contributed by atoms with E-state index in [1.54, 1.807) is 13.8 Å². The van der Waals surface area contributed by atoms with E-state index in [-0.39, 0.29) is 17.8 Å². The molecule has 0 aromatic carbocycles. The number of nitrogens with zero attached hydrogens (tertiary/aromatic N) is 1. The zero-order valence-electron chi connectivity index (χ0n) is 10.1. The molecule has 1 N–H and O–H groups in total. The molecular formula is C11H16F2N2O2. The maximum Gasteiger partial charge on any atom is 0.252 e. The SMILES string of the molecule is CCNc1nc(OC(C)COC)c(F)cc1F. The Labute approximate surface area is 98.9 Å². The zero-order valence-corrected chi connectivity index (χ0v) is 10.1. The molecule has 17 heavy (non-hydrogen) atoms. The highest BCUT2D eigenvalue weighted by molar-refractivity contribution is 5.39. The first-order valence-electron chi connectivity index (χ1n) is 5.34. The van der Waals surface area contributed by atoms with Crippen molar-refractivity contribution in [3.63, 3.8) is 0 Å². The van der Waals surface area contributed by atoms with Gasteiger partial charge >= 0.3 is 0 Å². The number of methoxy groups -OCH3 is 1. The second kappa shape index (κ2) is 6.34. The van der Waals surface area contributed by atoms with Crippen LogP contribution in [-0.4, -0.2) is 31.3 Å². The number of ether oxygens (including phenoxy) is 2. The minimum Gasteiger partial charge on any atom is -0.470 e. The molecule has 0 bridgehead atoms. The topological polar surface area (TPSA) is 43.4 Å². The summed E-state index contributed by atoms with van der Waals surface area (Å²) in [5.74, 6) is -1.82. The average Bonchev–Trinajstić information content (AvgIpc) is 2.25. The molecular weight excluding hydrogens is 230 g/mol. The summed E-state index contributed by atoms with van der Waals surface area (Å²) in [6.07, 6.45) is -0.359. The minimum atomic E-state index is -0.827. The van der Waals surface area contributed by atoms with Gasteiger partial charge in [-0.15, -0.1) is 0 Å². The molecule has 0 saturated carbocycles. The van der Waals surface area contributed by atoms with E-state index in [2.05, 4.69) is 10.3 Å². The van der Waals surface area contributed by atoms with Crippen LogP contribution in [0.5, 0.6) is 5.88 Å². The lowest BCUT2D eigenvalue weighted by atomic mass is 10.4. The number of rotatable bonds is 6. The largest absolute Gasteiger partial charge is 0.470 e. The summed E-state index contributed by atoms with van der Waals surface area (Å²) in [7, 11) is 1.51. The smallest absolute Gasteiger partial charge is 0.252 e. The predicted molar refractivity (Wildman–Crippen MR) is 60.3 cm³/mol. The summed E-state index contributed by atoms with van der Waals surface area (Å²) >= 11 is 0. The van der Waals surface area contributed by atoms with Gasteiger partial charge in [-0.25, -0.2) is 8.78 Å². The van der Waals surface area contributed by atoms with Crippen molar-refractivity contribution >= 4 is 5.82 Å². The monoisotopic (exact) mass is 246 g/mol. The Morgan fingerprint density at radius 2 is 2.12 bits per heavy atom. The highest BCUT2D eigenvalue weighted by atomic mass is 19.1. The fourth-order valence-corrected chi connectivity index (χ4v) is 1.28. The summed E-state index contributed by atoms with van der Waals surface area (Å²) in [6.45, 7) is 4.29. The van der Waals surface area contributed by atoms with Gasteiger partial charge in [0.05, 0.1) is 6.61 Å². The second-order valence-electron chi connectivity index (χ2n) is 3.52. The van der Waals surface area contributed by atoms with Gasteiger partial charge in [0.25, 0.3) is 5.88 Å². The number of hydrogen-bond acceptors (Lipinski definition) is 4. The van der Waals surface area contributed by atoms with Crippen molar-refractivity contribution in [3.8, 4) is 5.88 Å². The first-order valence-corrected chi connectivity index (χ1v) is 5.34. The van der Waals surface area contributed by atoms with Crippen LogP contribution in [-0.2, 0) is 4.74 Å². The lowest BCUT2D eigenvalue weighted by molar-refractivity contribution is 0.0858. The maximum absolute atomic E-state index is 13.4. The van der Waals surface area contributed by atoms with Crippen LogP contribution in [0.15, 0.2) is 6.07 Å². The summed E-state index contributed by atoms with van der Waals surface area (Å²) in [6, 6.07) is 0.750. The van der Waals surface area contributed by atoms with E-state index in [0.29, 0.717) is 13.2 Å². The fraction of sp³-hybridized carbons (Fsp3) is 0.545. The predicted octanol–water partition coefficient (Wildman–Crippen LogP) is 2.21. The van der Waals surface area contributed by atoms with Crippen molar-refractivity contribution in [1.82, 2.24) is 4.98 Å². The molecule has 0 spiro atoms. The third-order valence-corrected chi connectivity index (χ3v) is 1.96. The fourth-order valence-electron chi connectivity index (χ4n) is 1.28. The third-order valence-electron chi connectivity index (χ3n) is 1.96. The van der Waals surface area contributed by atoms with Crippen LogP contribution >= 0.6 is 0 Å². The van der Waals surface area contributed by atoms with Crippen molar-refractivity contribution < 1.29 is 18.3 Å². The molecule has 1 heterocycles. The van der Waals surface area contributed by atoms with Gasteiger partial charge in [-0.1, -0.05) is 0 Å². The summed E-state index contributed by atoms with van der Waals surface area (Å²) in [5, 5.41) is 2.68. The molecule has 96 valence electrons. The van der Waals surface area contributed by atoms with E-state index in [4.69, 9.17) is 9.47 Å². The Hall–Kier alpha value is -1.43. The lowest BCUT2D eigenvalue weighted by Crippen LogP contribution is -2.19. The number of hydrogen-bond donors (Lipinski definition) is 1. The van der Waals surface area contributed by atoms with Crippen LogP contribution in [0.1, 0.15) is 13.8 Å². The normalized spacial score (nSPS) is 12.3. The molecule has 0 fully saturated rings. The van der Waals surface area contributed by atoms with Crippen LogP contribution in [0.2, 0.25) is 0 Å². The Morgan fingerprint density at radius 1 is 1.41 bits per heavy atom. The van der Waals surface area contributed by atoms with E-state index in [1.165, 1.54) is 7.11 Å². The minimum absolute atomic E-state index is 0.0199. The molecule has 1 unspecified atom stereocenters. The van der Waals surface area contributed by atoms with E-state index in [0.717, 1.165) is 6.07 Å². The maximum atomic E-state index is 13.4. The van der Waals surface area contributed by atoms with Gasteiger partial charge in [0, 0.05) is 19.7 Å². The molecule has 0 aliphatic heterocycles. The van der Waals surface area contributed by atoms with Gasteiger partial charge in [0.2, 0.25) is 0 Å². The number of halogens is 2. The van der Waals surface area contributed by atoms with Crippen LogP contribution in [0.3, 0.4) is 0 Å². The van der Waals surface area contributed by atoms with Crippen molar-refractivity contribution in [1.29, 1.82) is 0 Å². The van der Waals surface area contributed by atoms with Crippen molar-refractivity contribution in [3.05, 3.63) is 17.7 Å². The molecule has 0 saturated heterocycles. The molecule has 1 aromatic heterocycles. The molecule has 1 aromatic rings. The Bertz CT molecular complexity index is 375. The molecule has 0 amide bonds. The number of anilines is 1. The average molecular weight is 246 g/mol. The molecule has 0 aliphatic rings. The van der Waals surface area contributed by atoms with Gasteiger partial charge in [-0.05, 0) is 13.8 Å². The highest BCUT2D eigenvalue weighted by Crippen LogP contribution is 2.21. The van der Waals surface area contributed by atoms with E-state index >= 15 is 0 Å². The van der Waals surface area contributed by atoms with Crippen LogP contribution in [0.4, 0.5) is 14.6 Å². The van der Waals surface area contributed by atoms with Crippen molar-refractivity contribution in [2.45, 2.75) is 20.0 Å². The van der Waals surface area contributed by atoms with Crippen LogP contribution < -0.4 is 10.1 Å². The summed E-state index contributed by atoms with van der Waals surface area (Å²) in [5.41, 5.74) is 0. The quantitative estimate of drug-likeness (QED) is 0.835. The standard InChI is InChI=1S/C11H16F2N2O2/c1-4-14-10-8(12)5-9(13)11(15-10)17-7(2)6-16-3/h5,7H,4,6H2,1-3H3,(H,14,15). The van der Waals surface area contributed by atoms with Crippen LogP contribution in [0.25, 0.3) is 0 Å². The van der Waals surface area contributed by atoms with E-state index < -0.39 is 11.6 Å². The lowest BCUT2D eigenvalue weighted by Gasteiger charge is -2.14. The highest BCUT2D eigenvalue weighted by Gasteiger charge is 2.14. The molecule has 6 heteroatoms. The van der Waals surface area contributed by atoms with Crippen molar-refractivity contribution in [2.24, 2.45) is 0 Å². The molecule has 0 aliphatic carbocycles. The van der Waals surface area contributed by atoms with Gasteiger partial charge in [0.15, 0.2) is 17.5 Å². The van der Waals surface area contributed by atoms with Gasteiger partial charge < -0.3 is 14.8 Å². The first-order chi connectivity index (χ1) is 8.08. The number of nitrogens with one attached hydrogen (secondary N) is 1. The number of pyridine rings is 1. The van der Waals surface area contributed by atoms with Gasteiger partial charge in [-0.2, -0.15) is 4.98 Å². The van der Waals surface area contributed by atoms with Crippen molar-refractivity contribution in [2.75, 3.05) is 25.6 Å². The molecule has 1 atom stereocenters. The second-order valence-corrected chi connectivity index (χ2v) is 3.52. The van der Waals surface area contributed by atoms with Gasteiger partial charge in [-0.3, -0.25) is 0 Å². The summed E-state index contributed by atoms with van der Waals surface area (Å²) < 4.78 is 36.7.